The van der Waals surface area contributed by atoms with Crippen molar-refractivity contribution < 1.29 is 26.7 Å². The van der Waals surface area contributed by atoms with Crippen LogP contribution in [0.15, 0.2) is 18.5 Å². The molecule has 0 spiro atoms. The Bertz CT molecular complexity index is 767. The minimum Gasteiger partial charge on any atom is -0.395 e. The number of aromatic nitrogens is 1. The molecule has 1 atom stereocenters. The maximum atomic E-state index is 12.9. The fourth-order valence-corrected chi connectivity index (χ4v) is 5.58. The van der Waals surface area contributed by atoms with E-state index in [1.165, 1.54) is 10.5 Å². The van der Waals surface area contributed by atoms with Gasteiger partial charge in [-0.05, 0) is 24.9 Å². The van der Waals surface area contributed by atoms with Gasteiger partial charge in [0.1, 0.15) is 0 Å². The summed E-state index contributed by atoms with van der Waals surface area (Å²) in [5, 5.41) is 8.99. The smallest absolute Gasteiger partial charge is 0.395 e. The summed E-state index contributed by atoms with van der Waals surface area (Å²) < 4.78 is 65.4. The van der Waals surface area contributed by atoms with Crippen molar-refractivity contribution in [2.75, 3.05) is 63.1 Å². The molecule has 0 radical (unpaired) electrons. The normalized spacial score (nSPS) is 22.7. The summed E-state index contributed by atoms with van der Waals surface area (Å²) in [5.74, 6) is 0.113. The van der Waals surface area contributed by atoms with Crippen molar-refractivity contribution in [3.05, 3.63) is 24.0 Å². The number of aliphatic hydroxyl groups is 1. The van der Waals surface area contributed by atoms with E-state index in [-0.39, 0.29) is 31.4 Å². The van der Waals surface area contributed by atoms with Crippen LogP contribution in [0.4, 0.5) is 18.9 Å². The van der Waals surface area contributed by atoms with Crippen molar-refractivity contribution in [3.63, 3.8) is 0 Å². The molecule has 1 aromatic heterocycles. The largest absolute Gasteiger partial charge is 0.417 e. The molecule has 2 saturated heterocycles. The summed E-state index contributed by atoms with van der Waals surface area (Å²) in [4.78, 5) is 7.45. The van der Waals surface area contributed by atoms with Crippen molar-refractivity contribution in [2.24, 2.45) is 5.92 Å². The van der Waals surface area contributed by atoms with E-state index < -0.39 is 21.8 Å². The highest BCUT2D eigenvalue weighted by Crippen LogP contribution is 2.31. The van der Waals surface area contributed by atoms with E-state index >= 15 is 0 Å². The van der Waals surface area contributed by atoms with Crippen LogP contribution in [-0.2, 0) is 16.2 Å². The Morgan fingerprint density at radius 3 is 2.50 bits per heavy atom. The molecule has 0 bridgehead atoms. The predicted molar refractivity (Wildman–Crippen MR) is 98.4 cm³/mol. The summed E-state index contributed by atoms with van der Waals surface area (Å²) in [6.45, 7) is 3.20. The predicted octanol–water partition coefficient (Wildman–Crippen LogP) is 0.866. The average molecular weight is 422 g/mol. The van der Waals surface area contributed by atoms with E-state index in [2.05, 4.69) is 9.88 Å². The molecular weight excluding hydrogens is 397 g/mol. The van der Waals surface area contributed by atoms with Crippen molar-refractivity contribution in [1.82, 2.24) is 14.2 Å². The zero-order valence-electron chi connectivity index (χ0n) is 15.5. The first-order chi connectivity index (χ1) is 13.2. The first-order valence-electron chi connectivity index (χ1n) is 9.27. The van der Waals surface area contributed by atoms with Gasteiger partial charge in [-0.25, -0.2) is 8.42 Å². The quantitative estimate of drug-likeness (QED) is 0.733. The summed E-state index contributed by atoms with van der Waals surface area (Å²) >= 11 is 0. The second-order valence-electron chi connectivity index (χ2n) is 7.27. The van der Waals surface area contributed by atoms with E-state index in [1.807, 2.05) is 0 Å². The molecule has 3 rings (SSSR count). The molecule has 2 aliphatic rings. The minimum atomic E-state index is -4.46. The third kappa shape index (κ3) is 5.13. The minimum absolute atomic E-state index is 0.0437. The van der Waals surface area contributed by atoms with Gasteiger partial charge in [0, 0.05) is 45.5 Å². The lowest BCUT2D eigenvalue weighted by Crippen LogP contribution is -2.50. The zero-order chi connectivity index (χ0) is 20.4. The van der Waals surface area contributed by atoms with Crippen LogP contribution in [0.3, 0.4) is 0 Å². The third-order valence-electron chi connectivity index (χ3n) is 5.28. The number of likely N-dealkylation sites (tertiary alicyclic amines) is 1. The van der Waals surface area contributed by atoms with Gasteiger partial charge in [0.2, 0.25) is 10.0 Å². The van der Waals surface area contributed by atoms with Gasteiger partial charge < -0.3 is 14.9 Å². The van der Waals surface area contributed by atoms with Crippen LogP contribution in [0.25, 0.3) is 0 Å². The highest BCUT2D eigenvalue weighted by atomic mass is 32.2. The molecule has 11 heteroatoms. The molecule has 0 saturated carbocycles. The number of anilines is 1. The van der Waals surface area contributed by atoms with E-state index in [0.717, 1.165) is 25.2 Å². The van der Waals surface area contributed by atoms with Gasteiger partial charge in [0.25, 0.3) is 0 Å². The van der Waals surface area contributed by atoms with Gasteiger partial charge >= 0.3 is 6.18 Å². The van der Waals surface area contributed by atoms with E-state index in [9.17, 15) is 21.6 Å². The molecule has 158 valence electrons. The molecular formula is C17H25F3N4O3S. The third-order valence-corrected chi connectivity index (χ3v) is 7.33. The number of halogens is 3. The summed E-state index contributed by atoms with van der Waals surface area (Å²) in [6, 6.07) is 1.05. The maximum absolute atomic E-state index is 12.9. The van der Waals surface area contributed by atoms with Gasteiger partial charge in [-0.3, -0.25) is 4.98 Å². The Hall–Kier alpha value is -1.43. The summed E-state index contributed by atoms with van der Waals surface area (Å²) in [5.41, 5.74) is -0.462. The first kappa shape index (κ1) is 21.3. The van der Waals surface area contributed by atoms with E-state index in [1.54, 1.807) is 4.90 Å². The van der Waals surface area contributed by atoms with Crippen molar-refractivity contribution in [1.29, 1.82) is 0 Å². The number of alkyl halides is 3. The summed E-state index contributed by atoms with van der Waals surface area (Å²) in [6.07, 6.45) is -1.52. The Morgan fingerprint density at radius 1 is 1.14 bits per heavy atom. The SMILES string of the molecule is O=S(=O)(CC1CCN(CCO)C1)N1CCN(c2cncc(C(F)(F)F)c2)CC1. The Labute approximate surface area is 162 Å². The lowest BCUT2D eigenvalue weighted by atomic mass is 10.2. The van der Waals surface area contributed by atoms with Crippen LogP contribution >= 0.6 is 0 Å². The van der Waals surface area contributed by atoms with Crippen LogP contribution in [0.5, 0.6) is 0 Å². The fraction of sp³-hybridized carbons (Fsp3) is 0.706. The van der Waals surface area contributed by atoms with Gasteiger partial charge in [0.15, 0.2) is 0 Å². The lowest BCUT2D eigenvalue weighted by Gasteiger charge is -2.35. The number of aliphatic hydroxyl groups excluding tert-OH is 1. The molecule has 1 unspecified atom stereocenters. The van der Waals surface area contributed by atoms with Crippen LogP contribution < -0.4 is 4.90 Å². The first-order valence-corrected chi connectivity index (χ1v) is 10.9. The number of β-amino-alcohol motifs (C(OH)–C–C–N with tert-alkyl or cyclic N) is 1. The van der Waals surface area contributed by atoms with Crippen LogP contribution in [-0.4, -0.2) is 85.9 Å². The molecule has 1 N–H and O–H groups in total. The number of piperazine rings is 1. The van der Waals surface area contributed by atoms with Crippen molar-refractivity contribution in [2.45, 2.75) is 12.6 Å². The molecule has 3 heterocycles. The number of nitrogens with zero attached hydrogens (tertiary/aromatic N) is 4. The van der Waals surface area contributed by atoms with Crippen molar-refractivity contribution >= 4 is 15.7 Å². The molecule has 28 heavy (non-hydrogen) atoms. The Balaban J connectivity index is 1.56. The molecule has 0 aliphatic carbocycles. The van der Waals surface area contributed by atoms with E-state index in [0.29, 0.717) is 31.9 Å². The van der Waals surface area contributed by atoms with Gasteiger partial charge in [-0.2, -0.15) is 17.5 Å². The Morgan fingerprint density at radius 2 is 1.86 bits per heavy atom. The van der Waals surface area contributed by atoms with Gasteiger partial charge in [0.05, 0.1) is 29.8 Å². The van der Waals surface area contributed by atoms with Crippen LogP contribution in [0.1, 0.15) is 12.0 Å². The molecule has 0 amide bonds. The Kier molecular flexibility index (Phi) is 6.47. The fourth-order valence-electron chi connectivity index (χ4n) is 3.78. The van der Waals surface area contributed by atoms with Crippen LogP contribution in [0.2, 0.25) is 0 Å². The average Bonchev–Trinajstić information content (AvgIpc) is 3.08. The molecule has 2 aliphatic heterocycles. The topological polar surface area (TPSA) is 77.0 Å². The van der Waals surface area contributed by atoms with Crippen LogP contribution in [0, 0.1) is 5.92 Å². The zero-order valence-corrected chi connectivity index (χ0v) is 16.3. The number of hydrogen-bond acceptors (Lipinski definition) is 6. The molecule has 1 aromatic rings. The summed E-state index contributed by atoms with van der Waals surface area (Å²) in [7, 11) is -3.42. The number of hydrogen-bond donors (Lipinski definition) is 1. The molecule has 0 aromatic carbocycles. The number of pyridine rings is 1. The number of rotatable bonds is 6. The van der Waals surface area contributed by atoms with E-state index in [4.69, 9.17) is 5.11 Å². The van der Waals surface area contributed by atoms with Gasteiger partial charge in [-0.15, -0.1) is 0 Å². The number of sulfonamides is 1. The van der Waals surface area contributed by atoms with Crippen molar-refractivity contribution in [3.8, 4) is 0 Å². The maximum Gasteiger partial charge on any atom is 0.417 e. The lowest BCUT2D eigenvalue weighted by molar-refractivity contribution is -0.137. The second-order valence-corrected chi connectivity index (χ2v) is 9.29. The monoisotopic (exact) mass is 422 g/mol. The molecule has 2 fully saturated rings. The standard InChI is InChI=1S/C17H25F3N4O3S/c18-17(19,20)15-9-16(11-21-10-15)23-3-5-24(6-4-23)28(26,27)13-14-1-2-22(12-14)7-8-25/h9-11,14,25H,1-8,12-13H2. The highest BCUT2D eigenvalue weighted by molar-refractivity contribution is 7.89. The van der Waals surface area contributed by atoms with Gasteiger partial charge in [-0.1, -0.05) is 0 Å². The second kappa shape index (κ2) is 8.52. The molecule has 7 nitrogen and oxygen atoms in total. The highest BCUT2D eigenvalue weighted by Gasteiger charge is 2.34.